The zero-order valence-electron chi connectivity index (χ0n) is 11.2. The van der Waals surface area contributed by atoms with Crippen molar-refractivity contribution in [3.63, 3.8) is 0 Å². The van der Waals surface area contributed by atoms with Gasteiger partial charge in [-0.05, 0) is 41.1 Å². The number of carboxylic acid groups (broad SMARTS) is 1. The Morgan fingerprint density at radius 3 is 2.75 bits per heavy atom. The lowest BCUT2D eigenvalue weighted by Gasteiger charge is -2.06. The van der Waals surface area contributed by atoms with Crippen LogP contribution in [0.3, 0.4) is 0 Å². The Morgan fingerprint density at radius 1 is 1.35 bits per heavy atom. The highest BCUT2D eigenvalue weighted by Crippen LogP contribution is 2.13. The SMILES string of the molecule is CCCCn1nnnc1COc1ccc(C(=O)O)cc1. The summed E-state index contributed by atoms with van der Waals surface area (Å²) in [6.45, 7) is 3.12. The van der Waals surface area contributed by atoms with Gasteiger partial charge in [0.15, 0.2) is 5.82 Å². The van der Waals surface area contributed by atoms with Crippen molar-refractivity contribution in [2.45, 2.75) is 32.9 Å². The van der Waals surface area contributed by atoms with Gasteiger partial charge in [-0.3, -0.25) is 0 Å². The van der Waals surface area contributed by atoms with Gasteiger partial charge in [0.1, 0.15) is 12.4 Å². The van der Waals surface area contributed by atoms with Crippen LogP contribution >= 0.6 is 0 Å². The molecular weight excluding hydrogens is 260 g/mol. The molecule has 0 aliphatic carbocycles. The van der Waals surface area contributed by atoms with Gasteiger partial charge in [0.25, 0.3) is 0 Å². The fraction of sp³-hybridized carbons (Fsp3) is 0.385. The first kappa shape index (κ1) is 14.0. The smallest absolute Gasteiger partial charge is 0.335 e. The maximum atomic E-state index is 10.7. The van der Waals surface area contributed by atoms with E-state index in [2.05, 4.69) is 22.4 Å². The van der Waals surface area contributed by atoms with E-state index in [1.165, 1.54) is 12.1 Å². The Labute approximate surface area is 116 Å². The van der Waals surface area contributed by atoms with Gasteiger partial charge < -0.3 is 9.84 Å². The van der Waals surface area contributed by atoms with Crippen molar-refractivity contribution in [2.75, 3.05) is 0 Å². The number of carbonyl (C=O) groups is 1. The predicted octanol–water partition coefficient (Wildman–Crippen LogP) is 1.75. The number of rotatable bonds is 7. The third-order valence-electron chi connectivity index (χ3n) is 2.80. The van der Waals surface area contributed by atoms with Gasteiger partial charge in [-0.2, -0.15) is 0 Å². The normalized spacial score (nSPS) is 10.4. The molecule has 0 bridgehead atoms. The summed E-state index contributed by atoms with van der Waals surface area (Å²) in [5.74, 6) is 0.279. The van der Waals surface area contributed by atoms with Crippen LogP contribution in [0.1, 0.15) is 35.9 Å². The summed E-state index contributed by atoms with van der Waals surface area (Å²) in [7, 11) is 0. The summed E-state index contributed by atoms with van der Waals surface area (Å²) in [5, 5.41) is 20.2. The van der Waals surface area contributed by atoms with Crippen LogP contribution in [0.15, 0.2) is 24.3 Å². The number of aryl methyl sites for hydroxylation is 1. The zero-order chi connectivity index (χ0) is 14.4. The molecule has 0 saturated carbocycles. The van der Waals surface area contributed by atoms with Gasteiger partial charge in [-0.1, -0.05) is 13.3 Å². The van der Waals surface area contributed by atoms with E-state index >= 15 is 0 Å². The highest BCUT2D eigenvalue weighted by molar-refractivity contribution is 5.87. The maximum Gasteiger partial charge on any atom is 0.335 e. The fourth-order valence-corrected chi connectivity index (χ4v) is 1.65. The van der Waals surface area contributed by atoms with Crippen LogP contribution in [0.25, 0.3) is 0 Å². The van der Waals surface area contributed by atoms with E-state index in [0.29, 0.717) is 11.6 Å². The Morgan fingerprint density at radius 2 is 2.10 bits per heavy atom. The molecule has 1 heterocycles. The fourth-order valence-electron chi connectivity index (χ4n) is 1.65. The van der Waals surface area contributed by atoms with E-state index in [1.54, 1.807) is 16.8 Å². The number of nitrogens with zero attached hydrogens (tertiary/aromatic N) is 4. The molecule has 2 aromatic rings. The third-order valence-corrected chi connectivity index (χ3v) is 2.80. The molecule has 7 heteroatoms. The van der Waals surface area contributed by atoms with E-state index in [0.717, 1.165) is 19.4 Å². The molecule has 0 unspecified atom stereocenters. The number of ether oxygens (including phenoxy) is 1. The number of carboxylic acids is 1. The second-order valence-corrected chi connectivity index (χ2v) is 4.29. The van der Waals surface area contributed by atoms with Gasteiger partial charge in [0.05, 0.1) is 5.56 Å². The Balaban J connectivity index is 1.94. The average Bonchev–Trinajstić information content (AvgIpc) is 2.90. The molecule has 0 saturated heterocycles. The molecule has 0 aliphatic rings. The number of hydrogen-bond donors (Lipinski definition) is 1. The number of tetrazole rings is 1. The van der Waals surface area contributed by atoms with Crippen molar-refractivity contribution >= 4 is 5.97 Å². The van der Waals surface area contributed by atoms with Crippen molar-refractivity contribution in [3.8, 4) is 5.75 Å². The second kappa shape index (κ2) is 6.65. The van der Waals surface area contributed by atoms with E-state index < -0.39 is 5.97 Å². The molecular formula is C13H16N4O3. The maximum absolute atomic E-state index is 10.7. The van der Waals surface area contributed by atoms with Crippen molar-refractivity contribution < 1.29 is 14.6 Å². The highest BCUT2D eigenvalue weighted by atomic mass is 16.5. The van der Waals surface area contributed by atoms with Crippen LogP contribution in [0.2, 0.25) is 0 Å². The van der Waals surface area contributed by atoms with E-state index in [1.807, 2.05) is 0 Å². The third kappa shape index (κ3) is 3.53. The van der Waals surface area contributed by atoms with E-state index in [4.69, 9.17) is 9.84 Å². The minimum absolute atomic E-state index is 0.227. The number of hydrogen-bond acceptors (Lipinski definition) is 5. The van der Waals surface area contributed by atoms with Gasteiger partial charge in [0, 0.05) is 6.54 Å². The van der Waals surface area contributed by atoms with Crippen LogP contribution in [0.4, 0.5) is 0 Å². The molecule has 106 valence electrons. The van der Waals surface area contributed by atoms with Crippen LogP contribution in [0.5, 0.6) is 5.75 Å². The molecule has 0 radical (unpaired) electrons. The first-order valence-electron chi connectivity index (χ1n) is 6.42. The van der Waals surface area contributed by atoms with Crippen molar-refractivity contribution in [1.82, 2.24) is 20.2 Å². The molecule has 1 N–H and O–H groups in total. The molecule has 2 rings (SSSR count). The number of unbranched alkanes of at least 4 members (excludes halogenated alkanes) is 1. The average molecular weight is 276 g/mol. The van der Waals surface area contributed by atoms with Crippen LogP contribution in [-0.2, 0) is 13.2 Å². The van der Waals surface area contributed by atoms with Gasteiger partial charge in [0.2, 0.25) is 0 Å². The largest absolute Gasteiger partial charge is 0.486 e. The van der Waals surface area contributed by atoms with Crippen LogP contribution in [0, 0.1) is 0 Å². The summed E-state index contributed by atoms with van der Waals surface area (Å²) < 4.78 is 7.27. The minimum atomic E-state index is -0.958. The molecule has 20 heavy (non-hydrogen) atoms. The molecule has 0 aliphatic heterocycles. The molecule has 0 amide bonds. The summed E-state index contributed by atoms with van der Waals surface area (Å²) in [5.41, 5.74) is 0.227. The van der Waals surface area contributed by atoms with E-state index in [-0.39, 0.29) is 12.2 Å². The van der Waals surface area contributed by atoms with Gasteiger partial charge in [-0.25, -0.2) is 9.48 Å². The van der Waals surface area contributed by atoms with E-state index in [9.17, 15) is 4.79 Å². The number of aromatic carboxylic acids is 1. The quantitative estimate of drug-likeness (QED) is 0.828. The predicted molar refractivity (Wildman–Crippen MR) is 70.5 cm³/mol. The molecule has 0 fully saturated rings. The lowest BCUT2D eigenvalue weighted by Crippen LogP contribution is -2.09. The van der Waals surface area contributed by atoms with Crippen molar-refractivity contribution in [3.05, 3.63) is 35.7 Å². The Kier molecular flexibility index (Phi) is 4.65. The van der Waals surface area contributed by atoms with Crippen LogP contribution < -0.4 is 4.74 Å². The first-order chi connectivity index (χ1) is 9.70. The molecule has 0 atom stereocenters. The number of benzene rings is 1. The topological polar surface area (TPSA) is 90.1 Å². The summed E-state index contributed by atoms with van der Waals surface area (Å²) >= 11 is 0. The standard InChI is InChI=1S/C13H16N4O3/c1-2-3-8-17-12(14-15-16-17)9-20-11-6-4-10(5-7-11)13(18)19/h4-7H,2-3,8-9H2,1H3,(H,18,19). The zero-order valence-corrected chi connectivity index (χ0v) is 11.2. The van der Waals surface area contributed by atoms with Crippen LogP contribution in [-0.4, -0.2) is 31.3 Å². The molecule has 1 aromatic heterocycles. The lowest BCUT2D eigenvalue weighted by atomic mass is 10.2. The highest BCUT2D eigenvalue weighted by Gasteiger charge is 2.07. The first-order valence-corrected chi connectivity index (χ1v) is 6.42. The number of aromatic nitrogens is 4. The Hall–Kier alpha value is -2.44. The van der Waals surface area contributed by atoms with Crippen molar-refractivity contribution in [1.29, 1.82) is 0 Å². The molecule has 0 spiro atoms. The van der Waals surface area contributed by atoms with Gasteiger partial charge >= 0.3 is 5.97 Å². The Bertz CT molecular complexity index is 565. The monoisotopic (exact) mass is 276 g/mol. The summed E-state index contributed by atoms with van der Waals surface area (Å²) in [6, 6.07) is 6.22. The summed E-state index contributed by atoms with van der Waals surface area (Å²) in [6.07, 6.45) is 2.07. The molecule has 1 aromatic carbocycles. The van der Waals surface area contributed by atoms with Crippen molar-refractivity contribution in [2.24, 2.45) is 0 Å². The summed E-state index contributed by atoms with van der Waals surface area (Å²) in [4.78, 5) is 10.7. The lowest BCUT2D eigenvalue weighted by molar-refractivity contribution is 0.0697. The second-order valence-electron chi connectivity index (χ2n) is 4.29. The minimum Gasteiger partial charge on any atom is -0.486 e. The molecule has 7 nitrogen and oxygen atoms in total. The van der Waals surface area contributed by atoms with Gasteiger partial charge in [-0.15, -0.1) is 5.10 Å².